The molecule has 4 nitrogen and oxygen atoms in total. The van der Waals surface area contributed by atoms with Gasteiger partial charge in [-0.05, 0) is 36.6 Å². The van der Waals surface area contributed by atoms with Crippen molar-refractivity contribution < 1.29 is 19.1 Å². The first-order valence-electron chi connectivity index (χ1n) is 5.43. The predicted molar refractivity (Wildman–Crippen MR) is 76.0 cm³/mol. The van der Waals surface area contributed by atoms with E-state index in [-0.39, 0.29) is 5.56 Å². The summed E-state index contributed by atoms with van der Waals surface area (Å²) in [6, 6.07) is 2.98. The van der Waals surface area contributed by atoms with Crippen molar-refractivity contribution in [3.8, 4) is 0 Å². The molecule has 1 aromatic rings. The quantitative estimate of drug-likeness (QED) is 0.828. The van der Waals surface area contributed by atoms with Crippen molar-refractivity contribution in [3.05, 3.63) is 34.1 Å². The van der Waals surface area contributed by atoms with Crippen LogP contribution in [0.5, 0.6) is 0 Å². The molecule has 2 N–H and O–H groups in total. The third-order valence-electron chi connectivity index (χ3n) is 2.39. The zero-order valence-electron chi connectivity index (χ0n) is 10.2. The second kappa shape index (κ2) is 7.49. The van der Waals surface area contributed by atoms with Gasteiger partial charge in [0.1, 0.15) is 11.9 Å². The molecule has 0 aliphatic rings. The van der Waals surface area contributed by atoms with Crippen molar-refractivity contribution >= 4 is 39.6 Å². The Labute approximate surface area is 122 Å². The lowest BCUT2D eigenvalue weighted by atomic mass is 10.1. The summed E-state index contributed by atoms with van der Waals surface area (Å²) in [6.45, 7) is 0. The minimum absolute atomic E-state index is 0.168. The van der Waals surface area contributed by atoms with Crippen LogP contribution in [-0.2, 0) is 4.79 Å². The van der Waals surface area contributed by atoms with E-state index >= 15 is 0 Å². The highest BCUT2D eigenvalue weighted by Gasteiger charge is 2.21. The van der Waals surface area contributed by atoms with E-state index in [2.05, 4.69) is 21.2 Å². The monoisotopic (exact) mass is 349 g/mol. The lowest BCUT2D eigenvalue weighted by Gasteiger charge is -2.14. The van der Waals surface area contributed by atoms with Gasteiger partial charge in [-0.2, -0.15) is 11.8 Å². The molecule has 7 heteroatoms. The van der Waals surface area contributed by atoms with E-state index in [1.165, 1.54) is 23.9 Å². The minimum Gasteiger partial charge on any atom is -0.480 e. The Balaban J connectivity index is 2.78. The van der Waals surface area contributed by atoms with Crippen LogP contribution in [0.4, 0.5) is 4.39 Å². The Morgan fingerprint density at radius 1 is 1.53 bits per heavy atom. The number of carbonyl (C=O) groups is 2. The highest BCUT2D eigenvalue weighted by molar-refractivity contribution is 9.10. The SMILES string of the molecule is CSCC[C@H](NC(=O)c1ccc(Br)cc1F)C(=O)O. The number of rotatable bonds is 6. The lowest BCUT2D eigenvalue weighted by molar-refractivity contribution is -0.139. The Bertz CT molecular complexity index is 484. The Hall–Kier alpha value is -1.08. The Morgan fingerprint density at radius 2 is 2.21 bits per heavy atom. The van der Waals surface area contributed by atoms with Crippen LogP contribution in [0, 0.1) is 5.82 Å². The Morgan fingerprint density at radius 3 is 2.74 bits per heavy atom. The third kappa shape index (κ3) is 4.83. The van der Waals surface area contributed by atoms with Crippen LogP contribution in [0.15, 0.2) is 22.7 Å². The van der Waals surface area contributed by atoms with Gasteiger partial charge in [-0.3, -0.25) is 4.79 Å². The van der Waals surface area contributed by atoms with Gasteiger partial charge in [0.15, 0.2) is 0 Å². The molecule has 0 spiro atoms. The average Bonchev–Trinajstić information content (AvgIpc) is 2.33. The van der Waals surface area contributed by atoms with Gasteiger partial charge in [0, 0.05) is 4.47 Å². The summed E-state index contributed by atoms with van der Waals surface area (Å²) >= 11 is 4.57. The van der Waals surface area contributed by atoms with Gasteiger partial charge in [-0.1, -0.05) is 15.9 Å². The number of thioether (sulfide) groups is 1. The van der Waals surface area contributed by atoms with E-state index in [1.54, 1.807) is 0 Å². The molecule has 1 atom stereocenters. The van der Waals surface area contributed by atoms with Crippen LogP contribution in [0.2, 0.25) is 0 Å². The molecule has 0 unspecified atom stereocenters. The molecule has 0 radical (unpaired) electrons. The smallest absolute Gasteiger partial charge is 0.326 e. The number of benzene rings is 1. The van der Waals surface area contributed by atoms with Crippen molar-refractivity contribution in [2.75, 3.05) is 12.0 Å². The van der Waals surface area contributed by atoms with E-state index in [1.807, 2.05) is 6.26 Å². The number of aliphatic carboxylic acids is 1. The highest BCUT2D eigenvalue weighted by Crippen LogP contribution is 2.15. The summed E-state index contributed by atoms with van der Waals surface area (Å²) in [5.74, 6) is -1.95. The first-order valence-corrected chi connectivity index (χ1v) is 7.62. The van der Waals surface area contributed by atoms with Gasteiger partial charge in [0.2, 0.25) is 0 Å². The summed E-state index contributed by atoms with van der Waals surface area (Å²) in [4.78, 5) is 22.8. The summed E-state index contributed by atoms with van der Waals surface area (Å²) in [5.41, 5.74) is -0.168. The van der Waals surface area contributed by atoms with E-state index in [9.17, 15) is 14.0 Å². The highest BCUT2D eigenvalue weighted by atomic mass is 79.9. The largest absolute Gasteiger partial charge is 0.480 e. The summed E-state index contributed by atoms with van der Waals surface area (Å²) in [6.07, 6.45) is 2.13. The molecule has 1 aromatic carbocycles. The molecule has 0 saturated carbocycles. The number of carboxylic acids is 1. The molecule has 0 aromatic heterocycles. The second-order valence-corrected chi connectivity index (χ2v) is 5.67. The second-order valence-electron chi connectivity index (χ2n) is 3.77. The van der Waals surface area contributed by atoms with Crippen LogP contribution in [-0.4, -0.2) is 35.0 Å². The van der Waals surface area contributed by atoms with Crippen LogP contribution in [0.3, 0.4) is 0 Å². The van der Waals surface area contributed by atoms with Gasteiger partial charge in [-0.15, -0.1) is 0 Å². The van der Waals surface area contributed by atoms with Crippen LogP contribution >= 0.6 is 27.7 Å². The molecule has 0 saturated heterocycles. The fourth-order valence-electron chi connectivity index (χ4n) is 1.40. The van der Waals surface area contributed by atoms with Crippen molar-refractivity contribution in [1.29, 1.82) is 0 Å². The number of halogens is 2. The minimum atomic E-state index is -1.13. The normalized spacial score (nSPS) is 11.9. The number of carboxylic acid groups (broad SMARTS) is 1. The summed E-state index contributed by atoms with van der Waals surface area (Å²) in [7, 11) is 0. The molecular weight excluding hydrogens is 337 g/mol. The molecule has 104 valence electrons. The van der Waals surface area contributed by atoms with Crippen molar-refractivity contribution in [2.45, 2.75) is 12.5 Å². The van der Waals surface area contributed by atoms with Gasteiger partial charge in [0.05, 0.1) is 5.56 Å². The molecule has 1 amide bonds. The standard InChI is InChI=1S/C12H13BrFNO3S/c1-19-5-4-10(12(17)18)15-11(16)8-3-2-7(13)6-9(8)14/h2-3,6,10H,4-5H2,1H3,(H,15,16)(H,17,18)/t10-/m0/s1. The molecular formula is C12H13BrFNO3S. The van der Waals surface area contributed by atoms with Crippen molar-refractivity contribution in [1.82, 2.24) is 5.32 Å². The molecule has 0 fully saturated rings. The predicted octanol–water partition coefficient (Wildman–Crippen LogP) is 2.52. The molecule has 19 heavy (non-hydrogen) atoms. The number of hydrogen-bond acceptors (Lipinski definition) is 3. The molecule has 0 aliphatic heterocycles. The van der Waals surface area contributed by atoms with Crippen LogP contribution < -0.4 is 5.32 Å². The average molecular weight is 350 g/mol. The maximum absolute atomic E-state index is 13.6. The van der Waals surface area contributed by atoms with Gasteiger partial charge in [0.25, 0.3) is 5.91 Å². The van der Waals surface area contributed by atoms with Crippen LogP contribution in [0.25, 0.3) is 0 Å². The lowest BCUT2D eigenvalue weighted by Crippen LogP contribution is -2.41. The van der Waals surface area contributed by atoms with Crippen molar-refractivity contribution in [3.63, 3.8) is 0 Å². The van der Waals surface area contributed by atoms with E-state index in [4.69, 9.17) is 5.11 Å². The fraction of sp³-hybridized carbons (Fsp3) is 0.333. The van der Waals surface area contributed by atoms with Gasteiger partial charge in [-0.25, -0.2) is 9.18 Å². The fourth-order valence-corrected chi connectivity index (χ4v) is 2.21. The third-order valence-corrected chi connectivity index (χ3v) is 3.53. The molecule has 0 aliphatic carbocycles. The van der Waals surface area contributed by atoms with Crippen molar-refractivity contribution in [2.24, 2.45) is 0 Å². The molecule has 0 heterocycles. The first-order chi connectivity index (χ1) is 8.95. The van der Waals surface area contributed by atoms with Gasteiger partial charge < -0.3 is 10.4 Å². The topological polar surface area (TPSA) is 66.4 Å². The van der Waals surface area contributed by atoms with E-state index < -0.39 is 23.7 Å². The Kier molecular flexibility index (Phi) is 6.30. The maximum Gasteiger partial charge on any atom is 0.326 e. The number of nitrogens with one attached hydrogen (secondary N) is 1. The first kappa shape index (κ1) is 16.0. The van der Waals surface area contributed by atoms with Crippen LogP contribution in [0.1, 0.15) is 16.8 Å². The number of carbonyl (C=O) groups excluding carboxylic acids is 1. The number of amides is 1. The summed E-state index contributed by atoms with van der Waals surface area (Å²) < 4.78 is 14.1. The molecule has 0 bridgehead atoms. The van der Waals surface area contributed by atoms with E-state index in [0.29, 0.717) is 16.6 Å². The van der Waals surface area contributed by atoms with E-state index in [0.717, 1.165) is 6.07 Å². The maximum atomic E-state index is 13.6. The zero-order chi connectivity index (χ0) is 14.4. The summed E-state index contributed by atoms with van der Waals surface area (Å²) in [5, 5.41) is 11.3. The zero-order valence-corrected chi connectivity index (χ0v) is 12.6. The number of hydrogen-bond donors (Lipinski definition) is 2. The van der Waals surface area contributed by atoms with Gasteiger partial charge >= 0.3 is 5.97 Å². The molecule has 1 rings (SSSR count).